The average Bonchev–Trinajstić information content (AvgIpc) is 2.78. The number of aromatic nitrogens is 3. The predicted octanol–water partition coefficient (Wildman–Crippen LogP) is -0.0306. The molecule has 0 spiro atoms. The molecule has 0 saturated carbocycles. The van der Waals surface area contributed by atoms with Crippen LogP contribution in [0.25, 0.3) is 0 Å². The molecule has 2 heterocycles. The molecule has 0 bridgehead atoms. The summed E-state index contributed by atoms with van der Waals surface area (Å²) in [6.45, 7) is 7.24. The van der Waals surface area contributed by atoms with Crippen LogP contribution in [-0.2, 0) is 4.79 Å². The van der Waals surface area contributed by atoms with Gasteiger partial charge in [0.1, 0.15) is 6.04 Å². The minimum absolute atomic E-state index is 0.155. The van der Waals surface area contributed by atoms with Crippen LogP contribution < -0.4 is 5.32 Å². The van der Waals surface area contributed by atoms with Gasteiger partial charge in [0.25, 0.3) is 0 Å². The van der Waals surface area contributed by atoms with E-state index in [0.717, 1.165) is 38.3 Å². The van der Waals surface area contributed by atoms with Crippen LogP contribution in [0.15, 0.2) is 6.20 Å². The summed E-state index contributed by atoms with van der Waals surface area (Å²) in [6, 6.07) is -0.212. The molecule has 1 atom stereocenters. The first kappa shape index (κ1) is 12.0. The van der Waals surface area contributed by atoms with Gasteiger partial charge in [-0.2, -0.15) is 0 Å². The average molecular weight is 237 g/mol. The highest BCUT2D eigenvalue weighted by atomic mass is 16.2. The Bertz CT molecular complexity index is 383. The molecule has 1 aliphatic heterocycles. The van der Waals surface area contributed by atoms with E-state index < -0.39 is 0 Å². The lowest BCUT2D eigenvalue weighted by Crippen LogP contribution is -2.48. The van der Waals surface area contributed by atoms with E-state index in [-0.39, 0.29) is 11.9 Å². The van der Waals surface area contributed by atoms with Crippen molar-refractivity contribution in [2.75, 3.05) is 26.2 Å². The van der Waals surface area contributed by atoms with Crippen molar-refractivity contribution >= 4 is 5.91 Å². The van der Waals surface area contributed by atoms with Gasteiger partial charge in [-0.3, -0.25) is 4.79 Å². The molecule has 6 heteroatoms. The van der Waals surface area contributed by atoms with Gasteiger partial charge in [-0.05, 0) is 13.3 Å². The third-order valence-corrected chi connectivity index (χ3v) is 3.15. The summed E-state index contributed by atoms with van der Waals surface area (Å²) in [4.78, 5) is 14.3. The number of carbonyl (C=O) groups excluding carboxylic acids is 1. The highest BCUT2D eigenvalue weighted by molar-refractivity contribution is 5.80. The molecule has 0 aliphatic carbocycles. The number of hydrogen-bond acceptors (Lipinski definition) is 4. The molecule has 2 rings (SSSR count). The molecular weight excluding hydrogens is 218 g/mol. The summed E-state index contributed by atoms with van der Waals surface area (Å²) in [7, 11) is 0. The number of rotatable bonds is 3. The molecule has 1 amide bonds. The van der Waals surface area contributed by atoms with Gasteiger partial charge in [0.15, 0.2) is 0 Å². The third kappa shape index (κ3) is 2.46. The molecule has 1 aliphatic rings. The van der Waals surface area contributed by atoms with Crippen LogP contribution in [0, 0.1) is 6.92 Å². The minimum Gasteiger partial charge on any atom is -0.338 e. The Kier molecular flexibility index (Phi) is 3.73. The van der Waals surface area contributed by atoms with Gasteiger partial charge in [0.05, 0.1) is 11.9 Å². The van der Waals surface area contributed by atoms with Crippen molar-refractivity contribution in [2.45, 2.75) is 26.3 Å². The fraction of sp³-hybridized carbons (Fsp3) is 0.727. The Morgan fingerprint density at radius 3 is 2.76 bits per heavy atom. The second-order valence-corrected chi connectivity index (χ2v) is 4.32. The SMILES string of the molecule is CCC(C(=O)N1CCNCC1)n1nncc1C. The van der Waals surface area contributed by atoms with Gasteiger partial charge in [-0.15, -0.1) is 5.10 Å². The van der Waals surface area contributed by atoms with Gasteiger partial charge in [0, 0.05) is 26.2 Å². The molecule has 17 heavy (non-hydrogen) atoms. The molecule has 1 unspecified atom stereocenters. The lowest BCUT2D eigenvalue weighted by atomic mass is 10.1. The van der Waals surface area contributed by atoms with Crippen LogP contribution in [0.4, 0.5) is 0 Å². The Morgan fingerprint density at radius 1 is 1.53 bits per heavy atom. The molecule has 1 saturated heterocycles. The van der Waals surface area contributed by atoms with Crippen molar-refractivity contribution in [1.29, 1.82) is 0 Å². The van der Waals surface area contributed by atoms with E-state index in [0.29, 0.717) is 0 Å². The van der Waals surface area contributed by atoms with Crippen molar-refractivity contribution in [2.24, 2.45) is 0 Å². The van der Waals surface area contributed by atoms with Crippen LogP contribution in [0.5, 0.6) is 0 Å². The van der Waals surface area contributed by atoms with Crippen molar-refractivity contribution in [1.82, 2.24) is 25.2 Å². The van der Waals surface area contributed by atoms with Gasteiger partial charge < -0.3 is 10.2 Å². The van der Waals surface area contributed by atoms with Crippen LogP contribution >= 0.6 is 0 Å². The first-order chi connectivity index (χ1) is 8.24. The van der Waals surface area contributed by atoms with E-state index >= 15 is 0 Å². The summed E-state index contributed by atoms with van der Waals surface area (Å²) in [5, 5.41) is 11.1. The Morgan fingerprint density at radius 2 is 2.24 bits per heavy atom. The van der Waals surface area contributed by atoms with E-state index in [4.69, 9.17) is 0 Å². The summed E-state index contributed by atoms with van der Waals surface area (Å²) in [6.07, 6.45) is 2.43. The molecule has 94 valence electrons. The molecule has 0 aromatic carbocycles. The maximum Gasteiger partial charge on any atom is 0.247 e. The fourth-order valence-electron chi connectivity index (χ4n) is 2.15. The lowest BCUT2D eigenvalue weighted by Gasteiger charge is -2.30. The van der Waals surface area contributed by atoms with Crippen LogP contribution in [0.1, 0.15) is 25.1 Å². The summed E-state index contributed by atoms with van der Waals surface area (Å²) >= 11 is 0. The van der Waals surface area contributed by atoms with Crippen LogP contribution in [0.3, 0.4) is 0 Å². The Balaban J connectivity index is 2.12. The number of hydrogen-bond donors (Lipinski definition) is 1. The van der Waals surface area contributed by atoms with Gasteiger partial charge in [-0.25, -0.2) is 4.68 Å². The molecule has 0 radical (unpaired) electrons. The fourth-order valence-corrected chi connectivity index (χ4v) is 2.15. The van der Waals surface area contributed by atoms with Gasteiger partial charge in [-0.1, -0.05) is 12.1 Å². The highest BCUT2D eigenvalue weighted by Crippen LogP contribution is 2.15. The second-order valence-electron chi connectivity index (χ2n) is 4.32. The topological polar surface area (TPSA) is 63.1 Å². The number of aryl methyl sites for hydroxylation is 1. The zero-order chi connectivity index (χ0) is 12.3. The number of amides is 1. The third-order valence-electron chi connectivity index (χ3n) is 3.15. The Hall–Kier alpha value is -1.43. The maximum atomic E-state index is 12.4. The maximum absolute atomic E-state index is 12.4. The molecule has 1 aromatic heterocycles. The van der Waals surface area contributed by atoms with E-state index in [1.54, 1.807) is 10.9 Å². The van der Waals surface area contributed by atoms with Crippen LogP contribution in [-0.4, -0.2) is 52.0 Å². The second kappa shape index (κ2) is 5.27. The Labute approximate surface area is 101 Å². The molecule has 1 fully saturated rings. The predicted molar refractivity (Wildman–Crippen MR) is 63.5 cm³/mol. The van der Waals surface area contributed by atoms with E-state index in [2.05, 4.69) is 15.6 Å². The van der Waals surface area contributed by atoms with E-state index in [1.807, 2.05) is 18.7 Å². The van der Waals surface area contributed by atoms with Crippen molar-refractivity contribution in [3.05, 3.63) is 11.9 Å². The van der Waals surface area contributed by atoms with Crippen LogP contribution in [0.2, 0.25) is 0 Å². The summed E-state index contributed by atoms with van der Waals surface area (Å²) in [5.41, 5.74) is 0.931. The van der Waals surface area contributed by atoms with E-state index in [9.17, 15) is 4.79 Å². The quantitative estimate of drug-likeness (QED) is 0.802. The van der Waals surface area contributed by atoms with Gasteiger partial charge in [0.2, 0.25) is 5.91 Å². The molecular formula is C11H19N5O. The van der Waals surface area contributed by atoms with Gasteiger partial charge >= 0.3 is 0 Å². The van der Waals surface area contributed by atoms with Crippen molar-refractivity contribution in [3.8, 4) is 0 Å². The van der Waals surface area contributed by atoms with Crippen molar-refractivity contribution < 1.29 is 4.79 Å². The number of piperazine rings is 1. The molecule has 1 N–H and O–H groups in total. The normalized spacial score (nSPS) is 18.1. The number of nitrogens with one attached hydrogen (secondary N) is 1. The summed E-state index contributed by atoms with van der Waals surface area (Å²) < 4.78 is 1.73. The van der Waals surface area contributed by atoms with Crippen molar-refractivity contribution in [3.63, 3.8) is 0 Å². The first-order valence-corrected chi connectivity index (χ1v) is 6.10. The monoisotopic (exact) mass is 237 g/mol. The molecule has 1 aromatic rings. The lowest BCUT2D eigenvalue weighted by molar-refractivity contribution is -0.135. The standard InChI is InChI=1S/C11H19N5O/c1-3-10(16-9(2)8-13-14-16)11(17)15-6-4-12-5-7-15/h8,10,12H,3-7H2,1-2H3. The summed E-state index contributed by atoms with van der Waals surface area (Å²) in [5.74, 6) is 0.155. The zero-order valence-corrected chi connectivity index (χ0v) is 10.4. The first-order valence-electron chi connectivity index (χ1n) is 6.10. The number of nitrogens with zero attached hydrogens (tertiary/aromatic N) is 4. The highest BCUT2D eigenvalue weighted by Gasteiger charge is 2.26. The molecule has 6 nitrogen and oxygen atoms in total. The largest absolute Gasteiger partial charge is 0.338 e. The van der Waals surface area contributed by atoms with E-state index in [1.165, 1.54) is 0 Å². The zero-order valence-electron chi connectivity index (χ0n) is 10.4. The number of carbonyl (C=O) groups is 1. The smallest absolute Gasteiger partial charge is 0.247 e. The minimum atomic E-state index is -0.212.